The van der Waals surface area contributed by atoms with Crippen molar-refractivity contribution < 1.29 is 29.2 Å². The molecule has 2 aliphatic heterocycles. The third-order valence-corrected chi connectivity index (χ3v) is 8.03. The van der Waals surface area contributed by atoms with Crippen molar-refractivity contribution in [1.82, 2.24) is 4.98 Å². The summed E-state index contributed by atoms with van der Waals surface area (Å²) in [6.07, 6.45) is -0.895. The second-order valence-corrected chi connectivity index (χ2v) is 10.7. The lowest BCUT2D eigenvalue weighted by molar-refractivity contribution is -0.137. The highest BCUT2D eigenvalue weighted by Crippen LogP contribution is 2.40. The molecule has 5 rings (SSSR count). The predicted octanol–water partition coefficient (Wildman–Crippen LogP) is 5.89. The van der Waals surface area contributed by atoms with E-state index in [1.54, 1.807) is 22.4 Å². The van der Waals surface area contributed by atoms with Crippen molar-refractivity contribution in [2.75, 3.05) is 28.0 Å². The number of sulfonamides is 1. The van der Waals surface area contributed by atoms with E-state index >= 15 is 0 Å². The summed E-state index contributed by atoms with van der Waals surface area (Å²) in [5.41, 5.74) is 1.26. The molecule has 1 amide bonds. The van der Waals surface area contributed by atoms with Crippen LogP contribution in [-0.2, 0) is 27.4 Å². The zero-order valence-electron chi connectivity index (χ0n) is 18.1. The number of nitrogens with one attached hydrogen (secondary N) is 2. The molecule has 2 aromatic carbocycles. The van der Waals surface area contributed by atoms with Crippen LogP contribution >= 0.6 is 22.9 Å². The molecule has 190 valence electrons. The summed E-state index contributed by atoms with van der Waals surface area (Å²) in [7, 11) is -3.64. The van der Waals surface area contributed by atoms with Crippen LogP contribution in [0.2, 0.25) is 5.02 Å². The van der Waals surface area contributed by atoms with E-state index in [-0.39, 0.29) is 18.7 Å². The SMILES string of the molecule is FC(F)(F)c1ccc2c(c1Cl)CCN2.O=C1CCCN1c1ccc(S(=O)(=O)Nc2nccs2)cc1.[HH].[HH]. The number of carbonyl (C=O) groups is 1. The Labute approximate surface area is 212 Å². The molecule has 0 aliphatic carbocycles. The Morgan fingerprint density at radius 1 is 1.14 bits per heavy atom. The highest BCUT2D eigenvalue weighted by molar-refractivity contribution is 7.93. The van der Waals surface area contributed by atoms with Gasteiger partial charge in [-0.05, 0) is 54.8 Å². The number of halogens is 4. The van der Waals surface area contributed by atoms with Gasteiger partial charge < -0.3 is 10.2 Å². The van der Waals surface area contributed by atoms with Gasteiger partial charge in [-0.3, -0.25) is 9.52 Å². The highest BCUT2D eigenvalue weighted by atomic mass is 35.5. The number of anilines is 3. The van der Waals surface area contributed by atoms with Crippen LogP contribution < -0.4 is 14.9 Å². The van der Waals surface area contributed by atoms with E-state index < -0.39 is 21.8 Å². The number of rotatable bonds is 4. The van der Waals surface area contributed by atoms with Crippen molar-refractivity contribution in [2.45, 2.75) is 30.3 Å². The number of nitrogens with zero attached hydrogens (tertiary/aromatic N) is 2. The number of aromatic nitrogens is 1. The standard InChI is InChI=1S/C13H13N3O3S2.C9H7ClF3N.2H2/c17-12-2-1-8-16(12)10-3-5-11(6-4-10)21(18,19)15-13-14-7-9-20-13;10-8-5-3-4-14-7(5)2-1-6(8)9(11,12)13;;/h3-7,9H,1-2,8H2,(H,14,15);1-2,14H,3-4H2;2*1H. The first kappa shape index (κ1) is 25.3. The van der Waals surface area contributed by atoms with Gasteiger partial charge in [0.25, 0.3) is 10.0 Å². The van der Waals surface area contributed by atoms with E-state index in [9.17, 15) is 26.4 Å². The maximum absolute atomic E-state index is 12.4. The van der Waals surface area contributed by atoms with Crippen LogP contribution in [0.4, 0.5) is 29.7 Å². The van der Waals surface area contributed by atoms with Gasteiger partial charge >= 0.3 is 6.18 Å². The molecule has 35 heavy (non-hydrogen) atoms. The summed E-state index contributed by atoms with van der Waals surface area (Å²) in [4.78, 5) is 17.4. The largest absolute Gasteiger partial charge is 0.417 e. The average Bonchev–Trinajstić information content (AvgIpc) is 3.56. The van der Waals surface area contributed by atoms with Crippen LogP contribution in [0.5, 0.6) is 0 Å². The van der Waals surface area contributed by atoms with Crippen molar-refractivity contribution in [3.05, 3.63) is 64.1 Å². The van der Waals surface area contributed by atoms with E-state index in [1.807, 2.05) is 0 Å². The van der Waals surface area contributed by atoms with Gasteiger partial charge in [0, 0.05) is 45.3 Å². The molecule has 3 heterocycles. The second kappa shape index (κ2) is 10.0. The van der Waals surface area contributed by atoms with Gasteiger partial charge in [0.05, 0.1) is 15.5 Å². The van der Waals surface area contributed by atoms with Gasteiger partial charge in [0.15, 0.2) is 5.13 Å². The molecule has 2 N–H and O–H groups in total. The highest BCUT2D eigenvalue weighted by Gasteiger charge is 2.35. The van der Waals surface area contributed by atoms with Crippen molar-refractivity contribution in [3.8, 4) is 0 Å². The fourth-order valence-electron chi connectivity index (χ4n) is 3.75. The number of thiazole rings is 1. The fraction of sp³-hybridized carbons (Fsp3) is 0.273. The summed E-state index contributed by atoms with van der Waals surface area (Å²) in [5, 5.41) is 4.82. The molecular weight excluding hydrogens is 525 g/mol. The van der Waals surface area contributed by atoms with Gasteiger partial charge in [-0.2, -0.15) is 13.2 Å². The number of hydrogen-bond donors (Lipinski definition) is 2. The Morgan fingerprint density at radius 3 is 2.49 bits per heavy atom. The lowest BCUT2D eigenvalue weighted by Crippen LogP contribution is -2.23. The van der Waals surface area contributed by atoms with Gasteiger partial charge in [0.1, 0.15) is 0 Å². The molecule has 0 radical (unpaired) electrons. The van der Waals surface area contributed by atoms with Crippen LogP contribution in [0.15, 0.2) is 52.9 Å². The number of benzene rings is 2. The molecule has 0 atom stereocenters. The van der Waals surface area contributed by atoms with E-state index in [0.29, 0.717) is 42.3 Å². The van der Waals surface area contributed by atoms with Crippen LogP contribution in [0.1, 0.15) is 26.8 Å². The normalized spacial score (nSPS) is 15.3. The van der Waals surface area contributed by atoms with Crippen LogP contribution in [-0.4, -0.2) is 32.4 Å². The molecule has 0 spiro atoms. The van der Waals surface area contributed by atoms with E-state index in [2.05, 4.69) is 15.0 Å². The zero-order valence-corrected chi connectivity index (χ0v) is 20.5. The second-order valence-electron chi connectivity index (χ2n) is 7.71. The van der Waals surface area contributed by atoms with Crippen LogP contribution in [0.3, 0.4) is 0 Å². The van der Waals surface area contributed by atoms with Crippen LogP contribution in [0, 0.1) is 0 Å². The molecule has 1 aromatic heterocycles. The maximum Gasteiger partial charge on any atom is 0.417 e. The molecule has 1 saturated heterocycles. The van der Waals surface area contributed by atoms with E-state index in [4.69, 9.17) is 11.6 Å². The monoisotopic (exact) mass is 548 g/mol. The molecule has 3 aromatic rings. The molecule has 0 bridgehead atoms. The summed E-state index contributed by atoms with van der Waals surface area (Å²) < 4.78 is 64.0. The third-order valence-electron chi connectivity index (χ3n) is 5.43. The quantitative estimate of drug-likeness (QED) is 0.424. The number of hydrogen-bond acceptors (Lipinski definition) is 6. The first-order chi connectivity index (χ1) is 16.6. The minimum atomic E-state index is -4.37. The summed E-state index contributed by atoms with van der Waals surface area (Å²) in [6, 6.07) is 8.74. The fourth-order valence-corrected chi connectivity index (χ4v) is 5.90. The average molecular weight is 549 g/mol. The van der Waals surface area contributed by atoms with Gasteiger partial charge in [0.2, 0.25) is 5.91 Å². The Kier molecular flexibility index (Phi) is 7.25. The lowest BCUT2D eigenvalue weighted by Gasteiger charge is -2.16. The van der Waals surface area contributed by atoms with Gasteiger partial charge in [-0.1, -0.05) is 11.6 Å². The van der Waals surface area contributed by atoms with Gasteiger partial charge in [-0.25, -0.2) is 13.4 Å². The molecule has 0 unspecified atom stereocenters. The first-order valence-corrected chi connectivity index (χ1v) is 13.3. The van der Waals surface area contributed by atoms with Crippen LogP contribution in [0.25, 0.3) is 0 Å². The minimum absolute atomic E-state index is 0. The first-order valence-electron chi connectivity index (χ1n) is 10.5. The number of fused-ring (bicyclic) bond motifs is 1. The molecule has 0 saturated carbocycles. The topological polar surface area (TPSA) is 91.4 Å². The molecule has 1 fully saturated rings. The van der Waals surface area contributed by atoms with Crippen molar-refractivity contribution in [2.24, 2.45) is 0 Å². The summed E-state index contributed by atoms with van der Waals surface area (Å²) >= 11 is 6.89. The zero-order chi connectivity index (χ0) is 25.2. The summed E-state index contributed by atoms with van der Waals surface area (Å²) in [6.45, 7) is 1.33. The maximum atomic E-state index is 12.4. The van der Waals surface area contributed by atoms with Gasteiger partial charge in [-0.15, -0.1) is 11.3 Å². The lowest BCUT2D eigenvalue weighted by atomic mass is 10.1. The Hall–Kier alpha value is -2.83. The number of alkyl halides is 3. The molecular formula is C22H24ClF3N4O3S2. The van der Waals surface area contributed by atoms with E-state index in [0.717, 1.165) is 18.2 Å². The molecule has 2 aliphatic rings. The molecule has 13 heteroatoms. The van der Waals surface area contributed by atoms with E-state index in [1.165, 1.54) is 35.7 Å². The third kappa shape index (κ3) is 5.71. The smallest absolute Gasteiger partial charge is 0.384 e. The Balaban J connectivity index is 0.000000265. The number of amides is 1. The Bertz CT molecular complexity index is 1330. The predicted molar refractivity (Wildman–Crippen MR) is 134 cm³/mol. The van der Waals surface area contributed by atoms with Crippen molar-refractivity contribution in [1.29, 1.82) is 0 Å². The Morgan fingerprint density at radius 2 is 1.89 bits per heavy atom. The van der Waals surface area contributed by atoms with Crippen molar-refractivity contribution >= 4 is 55.4 Å². The molecule has 7 nitrogen and oxygen atoms in total. The minimum Gasteiger partial charge on any atom is -0.384 e. The number of carbonyl (C=O) groups excluding carboxylic acids is 1. The van der Waals surface area contributed by atoms with Crippen molar-refractivity contribution in [3.63, 3.8) is 0 Å². The summed E-state index contributed by atoms with van der Waals surface area (Å²) in [5.74, 6) is 0.0755.